The zero-order chi connectivity index (χ0) is 7.56. The van der Waals surface area contributed by atoms with Gasteiger partial charge in [0, 0.05) is 12.6 Å². The first kappa shape index (κ1) is 7.38. The van der Waals surface area contributed by atoms with Crippen LogP contribution in [0, 0.1) is 5.92 Å². The predicted octanol–water partition coefficient (Wildman–Crippen LogP) is 0.319. The van der Waals surface area contributed by atoms with E-state index in [-0.39, 0.29) is 0 Å². The van der Waals surface area contributed by atoms with Gasteiger partial charge in [0.05, 0.1) is 0 Å². The lowest BCUT2D eigenvalue weighted by atomic mass is 10.5. The summed E-state index contributed by atoms with van der Waals surface area (Å²) in [5.41, 5.74) is 5.53. The number of rotatable bonds is 2. The number of hydrogen-bond donors (Lipinski definition) is 2. The number of nitrogens with one attached hydrogen (secondary N) is 1. The Labute approximate surface area is 61.7 Å². The van der Waals surface area contributed by atoms with Gasteiger partial charge in [-0.2, -0.15) is 0 Å². The molecule has 1 saturated carbocycles. The third kappa shape index (κ3) is 1.90. The second kappa shape index (κ2) is 2.90. The van der Waals surface area contributed by atoms with Crippen LogP contribution in [-0.4, -0.2) is 18.5 Å². The molecular weight excluding hydrogens is 126 g/mol. The molecule has 0 aromatic rings. The van der Waals surface area contributed by atoms with Gasteiger partial charge in [-0.1, -0.05) is 6.92 Å². The molecule has 3 N–H and O–H groups in total. The second-order valence-corrected chi connectivity index (χ2v) is 2.82. The van der Waals surface area contributed by atoms with Crippen molar-refractivity contribution in [2.45, 2.75) is 26.3 Å². The molecule has 1 aliphatic rings. The van der Waals surface area contributed by atoms with Gasteiger partial charge in [-0.25, -0.2) is 0 Å². The Hall–Kier alpha value is -0.730. The Morgan fingerprint density at radius 1 is 1.80 bits per heavy atom. The van der Waals surface area contributed by atoms with Crippen molar-refractivity contribution in [2.75, 3.05) is 6.54 Å². The highest BCUT2D eigenvalue weighted by atomic mass is 15.1. The van der Waals surface area contributed by atoms with Gasteiger partial charge in [0.15, 0.2) is 5.96 Å². The smallest absolute Gasteiger partial charge is 0.188 e. The number of nitrogens with two attached hydrogens (primary N) is 1. The van der Waals surface area contributed by atoms with E-state index in [1.807, 2.05) is 6.92 Å². The Morgan fingerprint density at radius 2 is 2.40 bits per heavy atom. The lowest BCUT2D eigenvalue weighted by molar-refractivity contribution is 0.803. The summed E-state index contributed by atoms with van der Waals surface area (Å²) >= 11 is 0. The molecule has 1 aliphatic carbocycles. The second-order valence-electron chi connectivity index (χ2n) is 2.82. The van der Waals surface area contributed by atoms with Crippen LogP contribution in [0.25, 0.3) is 0 Å². The molecule has 3 nitrogen and oxygen atoms in total. The zero-order valence-corrected chi connectivity index (χ0v) is 6.59. The van der Waals surface area contributed by atoms with E-state index in [2.05, 4.69) is 17.2 Å². The van der Waals surface area contributed by atoms with Crippen molar-refractivity contribution in [2.24, 2.45) is 16.6 Å². The molecule has 0 amide bonds. The van der Waals surface area contributed by atoms with Crippen LogP contribution in [0.5, 0.6) is 0 Å². The van der Waals surface area contributed by atoms with Crippen LogP contribution in [0.4, 0.5) is 0 Å². The summed E-state index contributed by atoms with van der Waals surface area (Å²) in [5.74, 6) is 1.38. The van der Waals surface area contributed by atoms with Gasteiger partial charge >= 0.3 is 0 Å². The maximum absolute atomic E-state index is 5.53. The van der Waals surface area contributed by atoms with Gasteiger partial charge in [-0.15, -0.1) is 0 Å². The monoisotopic (exact) mass is 141 g/mol. The van der Waals surface area contributed by atoms with Crippen LogP contribution in [0.2, 0.25) is 0 Å². The van der Waals surface area contributed by atoms with E-state index in [0.717, 1.165) is 12.5 Å². The van der Waals surface area contributed by atoms with Crippen LogP contribution in [0.1, 0.15) is 20.3 Å². The van der Waals surface area contributed by atoms with E-state index >= 15 is 0 Å². The summed E-state index contributed by atoms with van der Waals surface area (Å²) in [6, 6.07) is 0.593. The van der Waals surface area contributed by atoms with Gasteiger partial charge in [0.25, 0.3) is 0 Å². The number of aliphatic imine (C=N–C) groups is 1. The quantitative estimate of drug-likeness (QED) is 0.430. The van der Waals surface area contributed by atoms with Crippen LogP contribution in [0.3, 0.4) is 0 Å². The summed E-state index contributed by atoms with van der Waals surface area (Å²) in [6.07, 6.45) is 1.24. The van der Waals surface area contributed by atoms with Gasteiger partial charge in [0.1, 0.15) is 0 Å². The largest absolute Gasteiger partial charge is 0.370 e. The fourth-order valence-corrected chi connectivity index (χ4v) is 0.929. The molecule has 0 aromatic heterocycles. The van der Waals surface area contributed by atoms with Gasteiger partial charge in [-0.3, -0.25) is 4.99 Å². The molecule has 10 heavy (non-hydrogen) atoms. The highest BCUT2D eigenvalue weighted by Crippen LogP contribution is 2.28. The highest BCUT2D eigenvalue weighted by molar-refractivity contribution is 5.78. The molecule has 2 unspecified atom stereocenters. The van der Waals surface area contributed by atoms with Crippen molar-refractivity contribution >= 4 is 5.96 Å². The SMILES string of the molecule is CCN=C(N)NC1CC1C. The molecule has 58 valence electrons. The van der Waals surface area contributed by atoms with Crippen LogP contribution < -0.4 is 11.1 Å². The first-order chi connectivity index (χ1) is 4.74. The molecule has 0 aliphatic heterocycles. The van der Waals surface area contributed by atoms with E-state index in [9.17, 15) is 0 Å². The van der Waals surface area contributed by atoms with Crippen LogP contribution >= 0.6 is 0 Å². The Kier molecular flexibility index (Phi) is 2.14. The molecule has 0 spiro atoms. The number of guanidine groups is 1. The minimum Gasteiger partial charge on any atom is -0.370 e. The average molecular weight is 141 g/mol. The van der Waals surface area contributed by atoms with Crippen molar-refractivity contribution in [3.05, 3.63) is 0 Å². The molecule has 1 fully saturated rings. The molecule has 0 saturated heterocycles. The Balaban J connectivity index is 2.19. The lowest BCUT2D eigenvalue weighted by Crippen LogP contribution is -2.34. The fraction of sp³-hybridized carbons (Fsp3) is 0.857. The predicted molar refractivity (Wildman–Crippen MR) is 42.9 cm³/mol. The molecular formula is C7H15N3. The van der Waals surface area contributed by atoms with E-state index in [1.165, 1.54) is 6.42 Å². The molecule has 0 heterocycles. The minimum absolute atomic E-state index is 0.593. The lowest BCUT2D eigenvalue weighted by Gasteiger charge is -2.01. The summed E-state index contributed by atoms with van der Waals surface area (Å²) in [5, 5.41) is 3.13. The van der Waals surface area contributed by atoms with Crippen molar-refractivity contribution in [1.82, 2.24) is 5.32 Å². The van der Waals surface area contributed by atoms with Crippen molar-refractivity contribution in [3.63, 3.8) is 0 Å². The maximum Gasteiger partial charge on any atom is 0.188 e. The molecule has 0 aromatic carbocycles. The average Bonchev–Trinajstić information content (AvgIpc) is 2.47. The summed E-state index contributed by atoms with van der Waals surface area (Å²) < 4.78 is 0. The Morgan fingerprint density at radius 3 is 2.80 bits per heavy atom. The topological polar surface area (TPSA) is 50.4 Å². The van der Waals surface area contributed by atoms with Crippen molar-refractivity contribution in [1.29, 1.82) is 0 Å². The van der Waals surface area contributed by atoms with Crippen molar-refractivity contribution < 1.29 is 0 Å². The molecule has 1 rings (SSSR count). The van der Waals surface area contributed by atoms with Crippen molar-refractivity contribution in [3.8, 4) is 0 Å². The molecule has 0 bridgehead atoms. The van der Waals surface area contributed by atoms with E-state index in [1.54, 1.807) is 0 Å². The molecule has 3 heteroatoms. The fourth-order valence-electron chi connectivity index (χ4n) is 0.929. The summed E-state index contributed by atoms with van der Waals surface area (Å²) in [7, 11) is 0. The van der Waals surface area contributed by atoms with E-state index in [4.69, 9.17) is 5.73 Å². The van der Waals surface area contributed by atoms with Crippen LogP contribution in [-0.2, 0) is 0 Å². The summed E-state index contributed by atoms with van der Waals surface area (Å²) in [6.45, 7) is 4.95. The Bertz CT molecular complexity index is 142. The standard InChI is InChI=1S/C7H15N3/c1-3-9-7(8)10-6-4-5(6)2/h5-6H,3-4H2,1-2H3,(H3,8,9,10). The highest BCUT2D eigenvalue weighted by Gasteiger charge is 2.32. The van der Waals surface area contributed by atoms with Gasteiger partial charge in [-0.05, 0) is 19.3 Å². The molecule has 2 atom stereocenters. The van der Waals surface area contributed by atoms with Gasteiger partial charge in [0.2, 0.25) is 0 Å². The third-order valence-corrected chi connectivity index (χ3v) is 1.77. The molecule has 0 radical (unpaired) electrons. The number of hydrogen-bond acceptors (Lipinski definition) is 1. The minimum atomic E-state index is 0.593. The maximum atomic E-state index is 5.53. The number of nitrogens with zero attached hydrogens (tertiary/aromatic N) is 1. The first-order valence-corrected chi connectivity index (χ1v) is 3.80. The normalized spacial score (nSPS) is 32.0. The summed E-state index contributed by atoms with van der Waals surface area (Å²) in [4.78, 5) is 4.02. The first-order valence-electron chi connectivity index (χ1n) is 3.80. The van der Waals surface area contributed by atoms with Crippen LogP contribution in [0.15, 0.2) is 4.99 Å². The van der Waals surface area contributed by atoms with Gasteiger partial charge < -0.3 is 11.1 Å². The van der Waals surface area contributed by atoms with E-state index < -0.39 is 0 Å². The van der Waals surface area contributed by atoms with E-state index in [0.29, 0.717) is 12.0 Å². The third-order valence-electron chi connectivity index (χ3n) is 1.77. The zero-order valence-electron chi connectivity index (χ0n) is 6.59.